The van der Waals surface area contributed by atoms with Crippen LogP contribution in [0.15, 0.2) is 18.2 Å². The summed E-state index contributed by atoms with van der Waals surface area (Å²) in [5.41, 5.74) is 7.89. The molecule has 0 saturated carbocycles. The maximum Gasteiger partial charge on any atom is 0.338 e. The fourth-order valence-electron chi connectivity index (χ4n) is 1.78. The number of likely N-dealkylation sites (N-methyl/N-ethyl adjacent to an activating group) is 1. The fourth-order valence-corrected chi connectivity index (χ4v) is 1.78. The second kappa shape index (κ2) is 6.99. The van der Waals surface area contributed by atoms with Gasteiger partial charge in [-0.2, -0.15) is 0 Å². The van der Waals surface area contributed by atoms with Gasteiger partial charge in [-0.3, -0.25) is 0 Å². The van der Waals surface area contributed by atoms with Crippen molar-refractivity contribution in [2.75, 3.05) is 38.0 Å². The number of benzene rings is 1. The van der Waals surface area contributed by atoms with Crippen molar-refractivity contribution in [3.63, 3.8) is 0 Å². The molecule has 0 aliphatic rings. The topological polar surface area (TPSA) is 64.8 Å². The fraction of sp³-hybridized carbons (Fsp3) is 0.500. The van der Waals surface area contributed by atoms with Crippen LogP contribution >= 0.6 is 0 Å². The van der Waals surface area contributed by atoms with Crippen molar-refractivity contribution < 1.29 is 14.3 Å². The summed E-state index contributed by atoms with van der Waals surface area (Å²) in [4.78, 5) is 13.7. The summed E-state index contributed by atoms with van der Waals surface area (Å²) in [7, 11) is 3.58. The minimum absolute atomic E-state index is 0.157. The van der Waals surface area contributed by atoms with Crippen molar-refractivity contribution in [2.24, 2.45) is 0 Å². The van der Waals surface area contributed by atoms with E-state index in [9.17, 15) is 4.79 Å². The number of nitrogens with two attached hydrogens (primary N) is 1. The lowest BCUT2D eigenvalue weighted by molar-refractivity contribution is 0.0526. The van der Waals surface area contributed by atoms with E-state index in [1.165, 1.54) is 0 Å². The smallest absolute Gasteiger partial charge is 0.338 e. The summed E-state index contributed by atoms with van der Waals surface area (Å²) in [6, 6.07) is 5.30. The van der Waals surface area contributed by atoms with Crippen LogP contribution in [0.3, 0.4) is 0 Å². The van der Waals surface area contributed by atoms with E-state index < -0.39 is 0 Å². The molecule has 0 heterocycles. The van der Waals surface area contributed by atoms with Crippen LogP contribution in [-0.2, 0) is 9.47 Å². The van der Waals surface area contributed by atoms with Crippen molar-refractivity contribution in [2.45, 2.75) is 19.9 Å². The molecule has 1 aromatic carbocycles. The maximum absolute atomic E-state index is 11.7. The Kier molecular flexibility index (Phi) is 5.63. The third-order valence-electron chi connectivity index (χ3n) is 2.99. The standard InChI is InChI=1S/C14H22N2O3/c1-5-19-14(17)11-6-7-12(15)13(8-11)16(3)10(2)9-18-4/h6-8,10H,5,9,15H2,1-4H3. The molecule has 5 nitrogen and oxygen atoms in total. The number of carbonyl (C=O) groups excluding carboxylic acids is 1. The van der Waals surface area contributed by atoms with Crippen LogP contribution in [0.1, 0.15) is 24.2 Å². The zero-order valence-electron chi connectivity index (χ0n) is 12.0. The number of nitrogens with zero attached hydrogens (tertiary/aromatic N) is 1. The molecule has 0 aliphatic heterocycles. The summed E-state index contributed by atoms with van der Waals surface area (Å²) >= 11 is 0. The Morgan fingerprint density at radius 3 is 2.74 bits per heavy atom. The van der Waals surface area contributed by atoms with Crippen LogP contribution in [0.5, 0.6) is 0 Å². The molecule has 0 saturated heterocycles. The highest BCUT2D eigenvalue weighted by atomic mass is 16.5. The summed E-state index contributed by atoms with van der Waals surface area (Å²) in [5.74, 6) is -0.337. The second-order valence-electron chi connectivity index (χ2n) is 4.41. The van der Waals surface area contributed by atoms with Gasteiger partial charge in [0.1, 0.15) is 0 Å². The SMILES string of the molecule is CCOC(=O)c1ccc(N)c(N(C)C(C)COC)c1. The molecule has 2 N–H and O–H groups in total. The van der Waals surface area contributed by atoms with Gasteiger partial charge in [0.05, 0.1) is 30.2 Å². The molecule has 1 aromatic rings. The summed E-state index contributed by atoms with van der Waals surface area (Å²) in [6.45, 7) is 4.75. The van der Waals surface area contributed by atoms with E-state index >= 15 is 0 Å². The van der Waals surface area contributed by atoms with Crippen LogP contribution < -0.4 is 10.6 Å². The van der Waals surface area contributed by atoms with E-state index in [-0.39, 0.29) is 12.0 Å². The molecule has 106 valence electrons. The molecule has 0 fully saturated rings. The lowest BCUT2D eigenvalue weighted by Crippen LogP contribution is -2.33. The summed E-state index contributed by atoms with van der Waals surface area (Å²) < 4.78 is 10.1. The van der Waals surface area contributed by atoms with Crippen LogP contribution in [0, 0.1) is 0 Å². The normalized spacial score (nSPS) is 12.0. The first-order valence-electron chi connectivity index (χ1n) is 6.29. The first-order chi connectivity index (χ1) is 9.01. The molecular formula is C14H22N2O3. The molecule has 1 unspecified atom stereocenters. The predicted molar refractivity (Wildman–Crippen MR) is 76.6 cm³/mol. The van der Waals surface area contributed by atoms with Crippen molar-refractivity contribution >= 4 is 17.3 Å². The Balaban J connectivity index is 2.99. The second-order valence-corrected chi connectivity index (χ2v) is 4.41. The molecule has 0 aliphatic carbocycles. The first-order valence-corrected chi connectivity index (χ1v) is 6.29. The van der Waals surface area contributed by atoms with Crippen LogP contribution in [0.2, 0.25) is 0 Å². The highest BCUT2D eigenvalue weighted by Gasteiger charge is 2.15. The zero-order valence-corrected chi connectivity index (χ0v) is 12.0. The number of methoxy groups -OCH3 is 1. The molecular weight excluding hydrogens is 244 g/mol. The highest BCUT2D eigenvalue weighted by molar-refractivity contribution is 5.92. The molecule has 0 aromatic heterocycles. The van der Waals surface area contributed by atoms with Gasteiger partial charge in [0.15, 0.2) is 0 Å². The van der Waals surface area contributed by atoms with E-state index in [0.29, 0.717) is 24.5 Å². The van der Waals surface area contributed by atoms with Gasteiger partial charge in [-0.1, -0.05) is 0 Å². The van der Waals surface area contributed by atoms with Gasteiger partial charge in [-0.05, 0) is 32.0 Å². The van der Waals surface area contributed by atoms with Gasteiger partial charge < -0.3 is 20.1 Å². The number of anilines is 2. The summed E-state index contributed by atoms with van der Waals surface area (Å²) in [5, 5.41) is 0. The molecule has 1 atom stereocenters. The molecule has 0 spiro atoms. The van der Waals surface area contributed by atoms with Gasteiger partial charge in [-0.25, -0.2) is 4.79 Å². The van der Waals surface area contributed by atoms with E-state index in [1.807, 2.05) is 18.9 Å². The predicted octanol–water partition coefficient (Wildman–Crippen LogP) is 1.92. The minimum atomic E-state index is -0.337. The molecule has 5 heteroatoms. The van der Waals surface area contributed by atoms with Gasteiger partial charge in [0.25, 0.3) is 0 Å². The lowest BCUT2D eigenvalue weighted by atomic mass is 10.1. The average Bonchev–Trinajstić information content (AvgIpc) is 2.39. The monoisotopic (exact) mass is 266 g/mol. The number of hydrogen-bond donors (Lipinski definition) is 1. The van der Waals surface area contributed by atoms with Crippen LogP contribution in [0.4, 0.5) is 11.4 Å². The van der Waals surface area contributed by atoms with Crippen molar-refractivity contribution in [1.29, 1.82) is 0 Å². The number of esters is 1. The molecule has 1 rings (SSSR count). The maximum atomic E-state index is 11.7. The van der Waals surface area contributed by atoms with Crippen molar-refractivity contribution in [3.8, 4) is 0 Å². The molecule has 0 bridgehead atoms. The number of nitrogen functional groups attached to an aromatic ring is 1. The molecule has 19 heavy (non-hydrogen) atoms. The van der Waals surface area contributed by atoms with Crippen LogP contribution in [0.25, 0.3) is 0 Å². The number of hydrogen-bond acceptors (Lipinski definition) is 5. The van der Waals surface area contributed by atoms with Gasteiger partial charge in [0.2, 0.25) is 0 Å². The largest absolute Gasteiger partial charge is 0.462 e. The Morgan fingerprint density at radius 2 is 2.16 bits per heavy atom. The van der Waals surface area contributed by atoms with Crippen molar-refractivity contribution in [1.82, 2.24) is 0 Å². The minimum Gasteiger partial charge on any atom is -0.462 e. The number of carbonyl (C=O) groups is 1. The van der Waals surface area contributed by atoms with E-state index in [0.717, 1.165) is 5.69 Å². The first kappa shape index (κ1) is 15.3. The lowest BCUT2D eigenvalue weighted by Gasteiger charge is -2.28. The average molecular weight is 266 g/mol. The Morgan fingerprint density at radius 1 is 1.47 bits per heavy atom. The molecule has 0 amide bonds. The third kappa shape index (κ3) is 3.86. The summed E-state index contributed by atoms with van der Waals surface area (Å²) in [6.07, 6.45) is 0. The Bertz CT molecular complexity index is 435. The van der Waals surface area contributed by atoms with Crippen molar-refractivity contribution in [3.05, 3.63) is 23.8 Å². The van der Waals surface area contributed by atoms with Gasteiger partial charge in [0, 0.05) is 20.2 Å². The van der Waals surface area contributed by atoms with Gasteiger partial charge in [-0.15, -0.1) is 0 Å². The van der Waals surface area contributed by atoms with E-state index in [2.05, 4.69) is 0 Å². The van der Waals surface area contributed by atoms with Gasteiger partial charge >= 0.3 is 5.97 Å². The van der Waals surface area contributed by atoms with Crippen LogP contribution in [-0.4, -0.2) is 39.4 Å². The van der Waals surface area contributed by atoms with E-state index in [1.54, 1.807) is 32.2 Å². The Hall–Kier alpha value is -1.75. The third-order valence-corrected chi connectivity index (χ3v) is 2.99. The molecule has 0 radical (unpaired) electrons. The highest BCUT2D eigenvalue weighted by Crippen LogP contribution is 2.25. The number of rotatable bonds is 6. The van der Waals surface area contributed by atoms with E-state index in [4.69, 9.17) is 15.2 Å². The zero-order chi connectivity index (χ0) is 14.4. The Labute approximate surface area is 114 Å². The number of ether oxygens (including phenoxy) is 2. The quantitative estimate of drug-likeness (QED) is 0.629.